The molecular formula is C17H21N3. The maximum atomic E-state index is 8.38. The standard InChI is InChI=1S/C17H21N3/c1-3-4-11-19-17-15(6-5-12-20-17)16(18)14-9-7-13(2)8-10-14/h5-10,12,18H,3-4,11H2,1-2H3,(H,19,20). The highest BCUT2D eigenvalue weighted by atomic mass is 15.0. The third kappa shape index (κ3) is 3.44. The minimum atomic E-state index is 0.511. The molecule has 2 aromatic rings. The summed E-state index contributed by atoms with van der Waals surface area (Å²) in [6.45, 7) is 5.10. The Bertz CT molecular complexity index is 573. The van der Waals surface area contributed by atoms with E-state index >= 15 is 0 Å². The molecule has 0 aliphatic heterocycles. The molecule has 0 bridgehead atoms. The Hall–Kier alpha value is -2.16. The molecule has 3 heteroatoms. The van der Waals surface area contributed by atoms with Crippen molar-refractivity contribution in [1.82, 2.24) is 4.98 Å². The van der Waals surface area contributed by atoms with E-state index in [1.54, 1.807) is 6.20 Å². The molecule has 0 spiro atoms. The van der Waals surface area contributed by atoms with Gasteiger partial charge >= 0.3 is 0 Å². The van der Waals surface area contributed by atoms with Gasteiger partial charge in [-0.15, -0.1) is 0 Å². The summed E-state index contributed by atoms with van der Waals surface area (Å²) in [4.78, 5) is 4.36. The normalized spacial score (nSPS) is 10.3. The summed E-state index contributed by atoms with van der Waals surface area (Å²) >= 11 is 0. The molecule has 0 atom stereocenters. The first-order valence-corrected chi connectivity index (χ1v) is 7.07. The Morgan fingerprint density at radius 2 is 1.95 bits per heavy atom. The first kappa shape index (κ1) is 14.3. The van der Waals surface area contributed by atoms with Crippen LogP contribution >= 0.6 is 0 Å². The van der Waals surface area contributed by atoms with Gasteiger partial charge in [0.1, 0.15) is 5.82 Å². The quantitative estimate of drug-likeness (QED) is 0.613. The predicted octanol–water partition coefficient (Wildman–Crippen LogP) is 4.02. The Morgan fingerprint density at radius 3 is 2.65 bits per heavy atom. The van der Waals surface area contributed by atoms with Gasteiger partial charge in [-0.3, -0.25) is 5.41 Å². The predicted molar refractivity (Wildman–Crippen MR) is 84.7 cm³/mol. The Kier molecular flexibility index (Phi) is 4.88. The van der Waals surface area contributed by atoms with Crippen LogP contribution in [-0.4, -0.2) is 17.2 Å². The lowest BCUT2D eigenvalue weighted by Gasteiger charge is -2.11. The van der Waals surface area contributed by atoms with Crippen LogP contribution in [0.3, 0.4) is 0 Å². The van der Waals surface area contributed by atoms with E-state index in [4.69, 9.17) is 5.41 Å². The van der Waals surface area contributed by atoms with Crippen LogP contribution in [0.5, 0.6) is 0 Å². The number of aryl methyl sites for hydroxylation is 1. The molecule has 0 aliphatic carbocycles. The van der Waals surface area contributed by atoms with E-state index in [0.717, 1.165) is 36.3 Å². The third-order valence-corrected chi connectivity index (χ3v) is 3.24. The molecule has 20 heavy (non-hydrogen) atoms. The molecule has 0 saturated heterocycles. The van der Waals surface area contributed by atoms with E-state index in [9.17, 15) is 0 Å². The number of unbranched alkanes of at least 4 members (excludes halogenated alkanes) is 1. The Labute approximate surface area is 120 Å². The number of anilines is 1. The van der Waals surface area contributed by atoms with Crippen molar-refractivity contribution in [2.45, 2.75) is 26.7 Å². The molecule has 0 saturated carbocycles. The van der Waals surface area contributed by atoms with Crippen molar-refractivity contribution < 1.29 is 0 Å². The van der Waals surface area contributed by atoms with Gasteiger partial charge in [0.05, 0.1) is 5.71 Å². The first-order chi connectivity index (χ1) is 9.72. The number of benzene rings is 1. The zero-order valence-corrected chi connectivity index (χ0v) is 12.1. The SMILES string of the molecule is CCCCNc1ncccc1C(=N)c1ccc(C)cc1. The summed E-state index contributed by atoms with van der Waals surface area (Å²) in [5.41, 5.74) is 3.49. The molecule has 0 aliphatic rings. The van der Waals surface area contributed by atoms with Crippen molar-refractivity contribution in [3.63, 3.8) is 0 Å². The molecule has 1 aromatic carbocycles. The molecule has 0 amide bonds. The highest BCUT2D eigenvalue weighted by molar-refractivity contribution is 6.13. The highest BCUT2D eigenvalue weighted by Crippen LogP contribution is 2.17. The fraction of sp³-hybridized carbons (Fsp3) is 0.294. The maximum absolute atomic E-state index is 8.38. The minimum absolute atomic E-state index is 0.511. The topological polar surface area (TPSA) is 48.8 Å². The summed E-state index contributed by atoms with van der Waals surface area (Å²) in [5.74, 6) is 0.798. The number of rotatable bonds is 6. The van der Waals surface area contributed by atoms with Crippen molar-refractivity contribution in [2.75, 3.05) is 11.9 Å². The summed E-state index contributed by atoms with van der Waals surface area (Å²) in [6.07, 6.45) is 4.01. The lowest BCUT2D eigenvalue weighted by Crippen LogP contribution is -2.10. The molecule has 1 heterocycles. The van der Waals surface area contributed by atoms with Crippen LogP contribution in [0.4, 0.5) is 5.82 Å². The molecular weight excluding hydrogens is 246 g/mol. The third-order valence-electron chi connectivity index (χ3n) is 3.24. The molecule has 2 rings (SSSR count). The van der Waals surface area contributed by atoms with Gasteiger partial charge in [0.25, 0.3) is 0 Å². The number of pyridine rings is 1. The molecule has 104 valence electrons. The number of nitrogens with zero attached hydrogens (tertiary/aromatic N) is 1. The van der Waals surface area contributed by atoms with Gasteiger partial charge in [-0.05, 0) is 25.5 Å². The second-order valence-electron chi connectivity index (χ2n) is 4.92. The second kappa shape index (κ2) is 6.85. The first-order valence-electron chi connectivity index (χ1n) is 7.07. The largest absolute Gasteiger partial charge is 0.370 e. The summed E-state index contributed by atoms with van der Waals surface area (Å²) in [5, 5.41) is 11.7. The van der Waals surface area contributed by atoms with Crippen LogP contribution < -0.4 is 5.32 Å². The van der Waals surface area contributed by atoms with Crippen LogP contribution in [0.15, 0.2) is 42.6 Å². The molecule has 0 fully saturated rings. The average molecular weight is 267 g/mol. The van der Waals surface area contributed by atoms with Crippen molar-refractivity contribution in [2.24, 2.45) is 0 Å². The highest BCUT2D eigenvalue weighted by Gasteiger charge is 2.10. The van der Waals surface area contributed by atoms with E-state index in [2.05, 4.69) is 24.1 Å². The van der Waals surface area contributed by atoms with Crippen molar-refractivity contribution in [3.05, 3.63) is 59.3 Å². The molecule has 0 radical (unpaired) electrons. The van der Waals surface area contributed by atoms with Gasteiger partial charge in [-0.2, -0.15) is 0 Å². The van der Waals surface area contributed by atoms with Crippen molar-refractivity contribution in [3.8, 4) is 0 Å². The van der Waals surface area contributed by atoms with E-state index < -0.39 is 0 Å². The molecule has 3 nitrogen and oxygen atoms in total. The summed E-state index contributed by atoms with van der Waals surface area (Å²) < 4.78 is 0. The van der Waals surface area contributed by atoms with Crippen molar-refractivity contribution >= 4 is 11.5 Å². The molecule has 2 N–H and O–H groups in total. The van der Waals surface area contributed by atoms with Gasteiger partial charge in [0.15, 0.2) is 0 Å². The smallest absolute Gasteiger partial charge is 0.135 e. The minimum Gasteiger partial charge on any atom is -0.370 e. The van der Waals surface area contributed by atoms with Crippen molar-refractivity contribution in [1.29, 1.82) is 5.41 Å². The number of nitrogens with one attached hydrogen (secondary N) is 2. The Morgan fingerprint density at radius 1 is 1.20 bits per heavy atom. The van der Waals surface area contributed by atoms with Gasteiger partial charge in [0.2, 0.25) is 0 Å². The number of hydrogen-bond acceptors (Lipinski definition) is 3. The fourth-order valence-corrected chi connectivity index (χ4v) is 2.01. The van der Waals surface area contributed by atoms with Crippen LogP contribution in [0, 0.1) is 12.3 Å². The van der Waals surface area contributed by atoms with Crippen LogP contribution in [0.2, 0.25) is 0 Å². The lowest BCUT2D eigenvalue weighted by molar-refractivity contribution is 0.831. The zero-order chi connectivity index (χ0) is 14.4. The molecule has 1 aromatic heterocycles. The van der Waals surface area contributed by atoms with Gasteiger partial charge < -0.3 is 5.32 Å². The van der Waals surface area contributed by atoms with E-state index in [1.165, 1.54) is 5.56 Å². The van der Waals surface area contributed by atoms with E-state index in [0.29, 0.717) is 5.71 Å². The van der Waals surface area contributed by atoms with E-state index in [1.807, 2.05) is 36.4 Å². The van der Waals surface area contributed by atoms with Gasteiger partial charge in [0, 0.05) is 23.9 Å². The number of aromatic nitrogens is 1. The fourth-order valence-electron chi connectivity index (χ4n) is 2.01. The molecule has 0 unspecified atom stereocenters. The van der Waals surface area contributed by atoms with Crippen LogP contribution in [0.25, 0.3) is 0 Å². The van der Waals surface area contributed by atoms with Crippen LogP contribution in [0.1, 0.15) is 36.5 Å². The lowest BCUT2D eigenvalue weighted by atomic mass is 10.0. The van der Waals surface area contributed by atoms with Crippen LogP contribution in [-0.2, 0) is 0 Å². The number of hydrogen-bond donors (Lipinski definition) is 2. The van der Waals surface area contributed by atoms with Gasteiger partial charge in [-0.25, -0.2) is 4.98 Å². The van der Waals surface area contributed by atoms with Gasteiger partial charge in [-0.1, -0.05) is 43.2 Å². The maximum Gasteiger partial charge on any atom is 0.135 e. The second-order valence-corrected chi connectivity index (χ2v) is 4.92. The summed E-state index contributed by atoms with van der Waals surface area (Å²) in [7, 11) is 0. The average Bonchev–Trinajstić information content (AvgIpc) is 2.48. The zero-order valence-electron chi connectivity index (χ0n) is 12.1. The monoisotopic (exact) mass is 267 g/mol. The van der Waals surface area contributed by atoms with E-state index in [-0.39, 0.29) is 0 Å². The summed E-state index contributed by atoms with van der Waals surface area (Å²) in [6, 6.07) is 11.9. The Balaban J connectivity index is 2.23.